The maximum absolute atomic E-state index is 3.83. The van der Waals surface area contributed by atoms with Crippen LogP contribution in [-0.2, 0) is 6.42 Å². The Morgan fingerprint density at radius 1 is 1.16 bits per heavy atom. The summed E-state index contributed by atoms with van der Waals surface area (Å²) in [6.45, 7) is 21.6. The second-order valence-electron chi connectivity index (χ2n) is 9.33. The zero-order chi connectivity index (χ0) is 23.1. The fraction of sp³-hybridized carbons (Fsp3) is 0.419. The first-order chi connectivity index (χ1) is 14.7. The van der Waals surface area contributed by atoms with Gasteiger partial charge in [-0.2, -0.15) is 0 Å². The molecule has 1 atom stereocenters. The predicted octanol–water partition coefficient (Wildman–Crippen LogP) is 9.19. The number of fused-ring (bicyclic) bond motifs is 1. The van der Waals surface area contributed by atoms with Gasteiger partial charge in [-0.15, -0.1) is 11.5 Å². The minimum Gasteiger partial charge on any atom is -0.125 e. The SMILES string of the molecule is C=C=C(C)c1ccc2c(c1C)CCC=C(C(C=C=C(C)CC(C)C(C)C)=CC)C=C2C. The van der Waals surface area contributed by atoms with Gasteiger partial charge < -0.3 is 0 Å². The minimum absolute atomic E-state index is 0.682. The van der Waals surface area contributed by atoms with Gasteiger partial charge in [-0.05, 0) is 122 Å². The summed E-state index contributed by atoms with van der Waals surface area (Å²) in [5.74, 6) is 1.38. The van der Waals surface area contributed by atoms with Crippen molar-refractivity contribution in [3.8, 4) is 0 Å². The average molecular weight is 413 g/mol. The highest BCUT2D eigenvalue weighted by atomic mass is 14.2. The molecule has 2 rings (SSSR count). The van der Waals surface area contributed by atoms with Crippen LogP contribution in [0.3, 0.4) is 0 Å². The van der Waals surface area contributed by atoms with E-state index in [0.717, 1.165) is 24.8 Å². The van der Waals surface area contributed by atoms with E-state index in [1.165, 1.54) is 44.5 Å². The monoisotopic (exact) mass is 412 g/mol. The van der Waals surface area contributed by atoms with Crippen LogP contribution in [-0.4, -0.2) is 0 Å². The van der Waals surface area contributed by atoms with E-state index in [2.05, 4.69) is 110 Å². The third-order valence-electron chi connectivity index (χ3n) is 6.71. The molecule has 1 aliphatic rings. The molecule has 0 saturated heterocycles. The van der Waals surface area contributed by atoms with Crippen molar-refractivity contribution in [2.45, 2.75) is 74.7 Å². The van der Waals surface area contributed by atoms with Gasteiger partial charge in [-0.1, -0.05) is 57.7 Å². The Hall–Kier alpha value is -2.52. The summed E-state index contributed by atoms with van der Waals surface area (Å²) in [6.07, 6.45) is 12.3. The van der Waals surface area contributed by atoms with E-state index in [0.29, 0.717) is 11.8 Å². The lowest BCUT2D eigenvalue weighted by Crippen LogP contribution is -2.03. The average Bonchev–Trinajstić information content (AvgIpc) is 2.72. The Kier molecular flexibility index (Phi) is 8.94. The summed E-state index contributed by atoms with van der Waals surface area (Å²) in [5, 5.41) is 0. The van der Waals surface area contributed by atoms with Gasteiger partial charge in [0.2, 0.25) is 0 Å². The highest BCUT2D eigenvalue weighted by Gasteiger charge is 2.14. The van der Waals surface area contributed by atoms with E-state index in [4.69, 9.17) is 0 Å². The predicted molar refractivity (Wildman–Crippen MR) is 139 cm³/mol. The first-order valence-electron chi connectivity index (χ1n) is 11.7. The second-order valence-corrected chi connectivity index (χ2v) is 9.33. The third kappa shape index (κ3) is 6.24. The van der Waals surface area contributed by atoms with Crippen LogP contribution in [0.2, 0.25) is 0 Å². The Bertz CT molecular complexity index is 1020. The summed E-state index contributed by atoms with van der Waals surface area (Å²) in [5.41, 5.74) is 18.4. The molecule has 0 aromatic heterocycles. The molecule has 0 nitrogen and oxygen atoms in total. The zero-order valence-corrected chi connectivity index (χ0v) is 20.9. The van der Waals surface area contributed by atoms with Crippen molar-refractivity contribution in [1.29, 1.82) is 0 Å². The van der Waals surface area contributed by atoms with Crippen molar-refractivity contribution < 1.29 is 0 Å². The van der Waals surface area contributed by atoms with Crippen LogP contribution in [0, 0.1) is 18.8 Å². The van der Waals surface area contributed by atoms with Crippen LogP contribution in [0.4, 0.5) is 0 Å². The Morgan fingerprint density at radius 3 is 2.48 bits per heavy atom. The molecule has 0 bridgehead atoms. The smallest absolute Gasteiger partial charge is 0.00225 e. The Labute approximate surface area is 191 Å². The molecule has 1 aromatic rings. The van der Waals surface area contributed by atoms with Crippen LogP contribution in [0.25, 0.3) is 11.1 Å². The molecule has 0 heterocycles. The summed E-state index contributed by atoms with van der Waals surface area (Å²) in [4.78, 5) is 0. The van der Waals surface area contributed by atoms with Crippen LogP contribution in [0.15, 0.2) is 71.2 Å². The number of hydrogen-bond acceptors (Lipinski definition) is 0. The molecule has 1 aromatic carbocycles. The van der Waals surface area contributed by atoms with Gasteiger partial charge in [0.1, 0.15) is 0 Å². The molecule has 1 aliphatic carbocycles. The molecular formula is C31H40. The van der Waals surface area contributed by atoms with Gasteiger partial charge in [-0.3, -0.25) is 0 Å². The molecule has 0 spiro atoms. The molecule has 1 unspecified atom stereocenters. The molecule has 0 fully saturated rings. The van der Waals surface area contributed by atoms with E-state index in [9.17, 15) is 0 Å². The van der Waals surface area contributed by atoms with Gasteiger partial charge in [-0.25, -0.2) is 0 Å². The zero-order valence-electron chi connectivity index (χ0n) is 20.9. The van der Waals surface area contributed by atoms with Crippen molar-refractivity contribution in [3.05, 3.63) is 93.5 Å². The molecule has 0 N–H and O–H groups in total. The number of allylic oxidation sites excluding steroid dienone is 8. The van der Waals surface area contributed by atoms with Crippen LogP contribution >= 0.6 is 0 Å². The standard InChI is InChI=1S/C31H40/c1-10-23(6)29-17-18-30-25(8)20-28(13-12-14-31(30)26(29)9)27(11-2)16-15-22(5)19-24(7)21(3)4/h11,13,16-18,20-21,24H,1,12,14,19H2,2-9H3. The van der Waals surface area contributed by atoms with Gasteiger partial charge in [0.05, 0.1) is 0 Å². The fourth-order valence-corrected chi connectivity index (χ4v) is 4.20. The summed E-state index contributed by atoms with van der Waals surface area (Å²) >= 11 is 0. The van der Waals surface area contributed by atoms with Gasteiger partial charge in [0.25, 0.3) is 0 Å². The fourth-order valence-electron chi connectivity index (χ4n) is 4.20. The lowest BCUT2D eigenvalue weighted by atomic mass is 9.85. The maximum atomic E-state index is 3.83. The molecule has 0 heteroatoms. The highest BCUT2D eigenvalue weighted by molar-refractivity contribution is 5.76. The first kappa shape index (κ1) is 24.7. The number of hydrogen-bond donors (Lipinski definition) is 0. The normalized spacial score (nSPS) is 14.9. The van der Waals surface area contributed by atoms with Crippen molar-refractivity contribution in [2.75, 3.05) is 0 Å². The van der Waals surface area contributed by atoms with E-state index in [-0.39, 0.29) is 0 Å². The Balaban J connectivity index is 2.40. The largest absolute Gasteiger partial charge is 0.125 e. The maximum Gasteiger partial charge on any atom is -0.00225 e. The van der Waals surface area contributed by atoms with Crippen molar-refractivity contribution >= 4 is 11.1 Å². The van der Waals surface area contributed by atoms with E-state index >= 15 is 0 Å². The van der Waals surface area contributed by atoms with Gasteiger partial charge in [0, 0.05) is 0 Å². The molecule has 0 radical (unpaired) electrons. The minimum atomic E-state index is 0.682. The summed E-state index contributed by atoms with van der Waals surface area (Å²) in [6, 6.07) is 4.50. The third-order valence-corrected chi connectivity index (χ3v) is 6.71. The van der Waals surface area contributed by atoms with Gasteiger partial charge >= 0.3 is 0 Å². The van der Waals surface area contributed by atoms with Crippen LogP contribution < -0.4 is 0 Å². The van der Waals surface area contributed by atoms with Crippen molar-refractivity contribution in [2.24, 2.45) is 11.8 Å². The first-order valence-corrected chi connectivity index (χ1v) is 11.7. The number of benzene rings is 1. The molecule has 164 valence electrons. The Morgan fingerprint density at radius 2 is 1.87 bits per heavy atom. The lowest BCUT2D eigenvalue weighted by Gasteiger charge is -2.19. The van der Waals surface area contributed by atoms with Crippen LogP contribution in [0.1, 0.15) is 83.6 Å². The number of rotatable bonds is 6. The molecule has 0 amide bonds. The second kappa shape index (κ2) is 11.2. The van der Waals surface area contributed by atoms with E-state index in [1.807, 2.05) is 0 Å². The highest BCUT2D eigenvalue weighted by Crippen LogP contribution is 2.32. The topological polar surface area (TPSA) is 0 Å². The summed E-state index contributed by atoms with van der Waals surface area (Å²) in [7, 11) is 0. The molecule has 0 saturated carbocycles. The van der Waals surface area contributed by atoms with Crippen molar-refractivity contribution in [3.63, 3.8) is 0 Å². The lowest BCUT2D eigenvalue weighted by molar-refractivity contribution is 0.416. The van der Waals surface area contributed by atoms with E-state index in [1.54, 1.807) is 0 Å². The van der Waals surface area contributed by atoms with Crippen molar-refractivity contribution in [1.82, 2.24) is 0 Å². The van der Waals surface area contributed by atoms with E-state index < -0.39 is 0 Å². The molecule has 31 heavy (non-hydrogen) atoms. The van der Waals surface area contributed by atoms with Crippen LogP contribution in [0.5, 0.6) is 0 Å². The quantitative estimate of drug-likeness (QED) is 0.322. The molecule has 0 aliphatic heterocycles. The molecular weight excluding hydrogens is 372 g/mol. The summed E-state index contributed by atoms with van der Waals surface area (Å²) < 4.78 is 0. The van der Waals surface area contributed by atoms with Gasteiger partial charge in [0.15, 0.2) is 0 Å².